The number of hydrogen-bond acceptors (Lipinski definition) is 3. The largest absolute Gasteiger partial charge is 0.324 e. The van der Waals surface area contributed by atoms with Crippen molar-refractivity contribution in [2.75, 3.05) is 5.32 Å². The fourth-order valence-electron chi connectivity index (χ4n) is 4.41. The quantitative estimate of drug-likeness (QED) is 0.590. The molecule has 0 radical (unpaired) electrons. The maximum absolute atomic E-state index is 12.8. The zero-order valence-corrected chi connectivity index (χ0v) is 17.4. The van der Waals surface area contributed by atoms with Crippen molar-refractivity contribution in [3.05, 3.63) is 48.3 Å². The lowest BCUT2D eigenvalue weighted by molar-refractivity contribution is -0.121. The topological polar surface area (TPSA) is 59.8 Å². The van der Waals surface area contributed by atoms with Crippen molar-refractivity contribution in [3.63, 3.8) is 0 Å². The van der Waals surface area contributed by atoms with Gasteiger partial charge >= 0.3 is 0 Å². The first-order valence-corrected chi connectivity index (χ1v) is 10.9. The van der Waals surface area contributed by atoms with Crippen LogP contribution < -0.4 is 5.32 Å². The van der Waals surface area contributed by atoms with Gasteiger partial charge in [-0.15, -0.1) is 0 Å². The number of nitrogens with zero attached hydrogens (tertiary/aromatic N) is 3. The van der Waals surface area contributed by atoms with Gasteiger partial charge in [-0.25, -0.2) is 9.67 Å². The second kappa shape index (κ2) is 8.76. The lowest BCUT2D eigenvalue weighted by Crippen LogP contribution is -2.27. The Bertz CT molecular complexity index is 971. The molecular weight excluding hydrogens is 360 g/mol. The summed E-state index contributed by atoms with van der Waals surface area (Å²) in [7, 11) is 0. The van der Waals surface area contributed by atoms with Crippen LogP contribution in [-0.4, -0.2) is 20.7 Å². The number of carbonyl (C=O) groups is 1. The van der Waals surface area contributed by atoms with Gasteiger partial charge in [0.25, 0.3) is 0 Å². The Morgan fingerprint density at radius 2 is 1.93 bits per heavy atom. The monoisotopic (exact) mass is 390 g/mol. The lowest BCUT2D eigenvalue weighted by Gasteiger charge is -2.27. The molecule has 29 heavy (non-hydrogen) atoms. The highest BCUT2D eigenvalue weighted by atomic mass is 16.1. The van der Waals surface area contributed by atoms with Crippen LogP contribution in [0.25, 0.3) is 16.7 Å². The number of anilines is 1. The number of nitrogens with one attached hydrogen (secondary N) is 1. The fourth-order valence-corrected chi connectivity index (χ4v) is 4.41. The molecule has 0 saturated heterocycles. The van der Waals surface area contributed by atoms with Crippen molar-refractivity contribution in [1.29, 1.82) is 0 Å². The molecule has 1 fully saturated rings. The van der Waals surface area contributed by atoms with Crippen LogP contribution in [0.5, 0.6) is 0 Å². The number of unbranched alkanes of at least 4 members (excludes halogenated alkanes) is 1. The summed E-state index contributed by atoms with van der Waals surface area (Å²) in [5, 5.41) is 8.71. The second-order valence-corrected chi connectivity index (χ2v) is 8.28. The summed E-state index contributed by atoms with van der Waals surface area (Å²) in [4.78, 5) is 17.4. The number of carbonyl (C=O) groups excluding carboxylic acids is 1. The minimum absolute atomic E-state index is 0.122. The van der Waals surface area contributed by atoms with Crippen LogP contribution in [0.4, 0.5) is 5.69 Å². The van der Waals surface area contributed by atoms with Crippen molar-refractivity contribution in [1.82, 2.24) is 14.8 Å². The number of fused-ring (bicyclic) bond motifs is 1. The van der Waals surface area contributed by atoms with Gasteiger partial charge in [-0.3, -0.25) is 4.79 Å². The predicted octanol–water partition coefficient (Wildman–Crippen LogP) is 5.66. The minimum Gasteiger partial charge on any atom is -0.324 e. The third-order valence-corrected chi connectivity index (χ3v) is 6.16. The molecule has 5 heteroatoms. The van der Waals surface area contributed by atoms with Crippen molar-refractivity contribution in [2.45, 2.75) is 58.8 Å². The Balaban J connectivity index is 1.45. The first kappa shape index (κ1) is 19.6. The Hall–Kier alpha value is -2.69. The van der Waals surface area contributed by atoms with Crippen molar-refractivity contribution in [2.24, 2.45) is 11.8 Å². The zero-order chi connectivity index (χ0) is 20.2. The van der Waals surface area contributed by atoms with Crippen molar-refractivity contribution < 1.29 is 4.79 Å². The maximum Gasteiger partial charge on any atom is 0.227 e. The SMILES string of the molecule is CCCCC1CCC(C(=O)Nc2cnc3c(c2)c(C)nn3-c2ccccc2)CC1. The van der Waals surface area contributed by atoms with Crippen LogP contribution in [0.15, 0.2) is 42.6 Å². The van der Waals surface area contributed by atoms with Crippen LogP contribution in [0, 0.1) is 18.8 Å². The van der Waals surface area contributed by atoms with Crippen molar-refractivity contribution in [3.8, 4) is 5.69 Å². The Kier molecular flexibility index (Phi) is 5.93. The van der Waals surface area contributed by atoms with Gasteiger partial charge in [0.1, 0.15) is 0 Å². The van der Waals surface area contributed by atoms with E-state index in [0.29, 0.717) is 0 Å². The number of aromatic nitrogens is 3. The van der Waals surface area contributed by atoms with Crippen LogP contribution in [-0.2, 0) is 4.79 Å². The van der Waals surface area contributed by atoms with E-state index in [2.05, 4.69) is 22.3 Å². The number of rotatable bonds is 6. The molecule has 0 unspecified atom stereocenters. The van der Waals surface area contributed by atoms with Gasteiger partial charge < -0.3 is 5.32 Å². The summed E-state index contributed by atoms with van der Waals surface area (Å²) in [5.41, 5.74) is 3.45. The van der Waals surface area contributed by atoms with E-state index in [-0.39, 0.29) is 11.8 Å². The first-order chi connectivity index (χ1) is 14.2. The number of hydrogen-bond donors (Lipinski definition) is 1. The van der Waals surface area contributed by atoms with E-state index >= 15 is 0 Å². The molecule has 1 saturated carbocycles. The van der Waals surface area contributed by atoms with E-state index in [1.165, 1.54) is 32.1 Å². The van der Waals surface area contributed by atoms with Crippen molar-refractivity contribution >= 4 is 22.6 Å². The van der Waals surface area contributed by atoms with Gasteiger partial charge in [-0.2, -0.15) is 5.10 Å². The van der Waals surface area contributed by atoms with Gasteiger partial charge in [0.05, 0.1) is 23.3 Å². The number of amides is 1. The molecule has 3 aromatic rings. The van der Waals surface area contributed by atoms with E-state index < -0.39 is 0 Å². The Morgan fingerprint density at radius 1 is 1.17 bits per heavy atom. The standard InChI is InChI=1S/C24H30N4O/c1-3-4-8-18-11-13-19(14-12-18)24(29)26-20-15-22-17(2)27-28(23(22)25-16-20)21-9-6-5-7-10-21/h5-7,9-10,15-16,18-19H,3-4,8,11-14H2,1-2H3,(H,26,29). The minimum atomic E-state index is 0.122. The average Bonchev–Trinajstić information content (AvgIpc) is 3.09. The molecule has 1 amide bonds. The zero-order valence-electron chi connectivity index (χ0n) is 17.4. The number of para-hydroxylation sites is 1. The average molecular weight is 391 g/mol. The normalized spacial score (nSPS) is 19.4. The molecule has 0 atom stereocenters. The van der Waals surface area contributed by atoms with Crippen LogP contribution in [0.3, 0.4) is 0 Å². The van der Waals surface area contributed by atoms with E-state index in [1.807, 2.05) is 48.0 Å². The molecule has 1 aromatic carbocycles. The molecule has 1 aliphatic carbocycles. The van der Waals surface area contributed by atoms with Crippen LogP contribution >= 0.6 is 0 Å². The third kappa shape index (κ3) is 4.34. The highest BCUT2D eigenvalue weighted by Crippen LogP contribution is 2.33. The molecule has 152 valence electrons. The molecular formula is C24H30N4O. The molecule has 4 rings (SSSR count). The summed E-state index contributed by atoms with van der Waals surface area (Å²) in [6, 6.07) is 12.0. The van der Waals surface area contributed by atoms with Gasteiger partial charge in [-0.1, -0.05) is 44.4 Å². The summed E-state index contributed by atoms with van der Waals surface area (Å²) < 4.78 is 1.86. The smallest absolute Gasteiger partial charge is 0.227 e. The summed E-state index contributed by atoms with van der Waals surface area (Å²) in [5.74, 6) is 1.06. The molecule has 2 heterocycles. The number of benzene rings is 1. The third-order valence-electron chi connectivity index (χ3n) is 6.16. The van der Waals surface area contributed by atoms with Gasteiger partial charge in [-0.05, 0) is 56.7 Å². The van der Waals surface area contributed by atoms with E-state index in [9.17, 15) is 4.79 Å². The maximum atomic E-state index is 12.8. The van der Waals surface area contributed by atoms with Gasteiger partial charge in [0.2, 0.25) is 5.91 Å². The lowest BCUT2D eigenvalue weighted by atomic mass is 9.79. The number of aryl methyl sites for hydroxylation is 1. The Morgan fingerprint density at radius 3 is 2.66 bits per heavy atom. The molecule has 5 nitrogen and oxygen atoms in total. The van der Waals surface area contributed by atoms with Gasteiger partial charge in [0.15, 0.2) is 5.65 Å². The number of pyridine rings is 1. The molecule has 0 aliphatic heterocycles. The van der Waals surface area contributed by atoms with E-state index in [0.717, 1.165) is 46.9 Å². The highest BCUT2D eigenvalue weighted by Gasteiger charge is 2.26. The molecule has 1 N–H and O–H groups in total. The van der Waals surface area contributed by atoms with Crippen LogP contribution in [0.2, 0.25) is 0 Å². The second-order valence-electron chi connectivity index (χ2n) is 8.28. The first-order valence-electron chi connectivity index (χ1n) is 10.9. The molecule has 2 aromatic heterocycles. The summed E-state index contributed by atoms with van der Waals surface area (Å²) in [6.45, 7) is 4.22. The van der Waals surface area contributed by atoms with Gasteiger partial charge in [0, 0.05) is 11.3 Å². The highest BCUT2D eigenvalue weighted by molar-refractivity contribution is 5.94. The fraction of sp³-hybridized carbons (Fsp3) is 0.458. The summed E-state index contributed by atoms with van der Waals surface area (Å²) >= 11 is 0. The van der Waals surface area contributed by atoms with Crippen LogP contribution in [0.1, 0.15) is 57.6 Å². The Labute approximate surface area is 172 Å². The predicted molar refractivity (Wildman–Crippen MR) is 117 cm³/mol. The summed E-state index contributed by atoms with van der Waals surface area (Å²) in [6.07, 6.45) is 9.99. The van der Waals surface area contributed by atoms with E-state index in [1.54, 1.807) is 6.20 Å². The molecule has 1 aliphatic rings. The molecule has 0 bridgehead atoms. The van der Waals surface area contributed by atoms with E-state index in [4.69, 9.17) is 0 Å². The molecule has 0 spiro atoms.